The first kappa shape index (κ1) is 10.9. The number of carbonyl (C=O) groups excluding carboxylic acids is 1. The van der Waals surface area contributed by atoms with E-state index in [0.29, 0.717) is 9.90 Å². The summed E-state index contributed by atoms with van der Waals surface area (Å²) in [5.74, 6) is -0.269. The molecule has 0 spiro atoms. The van der Waals surface area contributed by atoms with Crippen LogP contribution in [-0.4, -0.2) is 12.1 Å². The lowest BCUT2D eigenvalue weighted by Gasteiger charge is -2.05. The number of carbonyl (C=O) groups is 1. The van der Waals surface area contributed by atoms with Crippen molar-refractivity contribution in [2.75, 3.05) is 0 Å². The van der Waals surface area contributed by atoms with Gasteiger partial charge >= 0.3 is 5.97 Å². The number of hydrogen-bond acceptors (Lipinski definition) is 4. The number of ether oxygens (including phenoxy) is 1. The van der Waals surface area contributed by atoms with Crippen LogP contribution in [0.2, 0.25) is 5.02 Å². The van der Waals surface area contributed by atoms with E-state index >= 15 is 0 Å². The molecule has 0 atom stereocenters. The fourth-order valence-electron chi connectivity index (χ4n) is 1.17. The van der Waals surface area contributed by atoms with Crippen LogP contribution in [0.3, 0.4) is 0 Å². The molecule has 0 saturated heterocycles. The van der Waals surface area contributed by atoms with Crippen molar-refractivity contribution in [2.24, 2.45) is 0 Å². The molecule has 0 aliphatic heterocycles. The molecular weight excluding hydrogens is 252 g/mol. The number of halogens is 1. The van der Waals surface area contributed by atoms with Crippen molar-refractivity contribution in [3.05, 3.63) is 21.3 Å². The summed E-state index contributed by atoms with van der Waals surface area (Å²) < 4.78 is 6.17. The SMILES string of the molecule is CC(C)OC(=O)c1cc2c(Cl)csc2s1. The Morgan fingerprint density at radius 3 is 2.87 bits per heavy atom. The summed E-state index contributed by atoms with van der Waals surface area (Å²) in [5, 5.41) is 3.53. The van der Waals surface area contributed by atoms with E-state index in [1.165, 1.54) is 11.3 Å². The molecule has 0 N–H and O–H groups in total. The predicted molar refractivity (Wildman–Crippen MR) is 65.3 cm³/mol. The number of hydrogen-bond donors (Lipinski definition) is 0. The van der Waals surface area contributed by atoms with Crippen molar-refractivity contribution >= 4 is 49.6 Å². The maximum absolute atomic E-state index is 11.6. The highest BCUT2D eigenvalue weighted by Gasteiger charge is 2.15. The van der Waals surface area contributed by atoms with Crippen LogP contribution < -0.4 is 0 Å². The number of fused-ring (bicyclic) bond motifs is 1. The summed E-state index contributed by atoms with van der Waals surface area (Å²) in [7, 11) is 0. The molecule has 80 valence electrons. The summed E-state index contributed by atoms with van der Waals surface area (Å²) >= 11 is 8.94. The van der Waals surface area contributed by atoms with E-state index in [4.69, 9.17) is 16.3 Å². The molecule has 15 heavy (non-hydrogen) atoms. The minimum atomic E-state index is -0.269. The van der Waals surface area contributed by atoms with E-state index in [2.05, 4.69) is 0 Å². The normalized spacial score (nSPS) is 11.2. The second kappa shape index (κ2) is 4.12. The first-order valence-electron chi connectivity index (χ1n) is 4.45. The molecule has 2 aromatic rings. The van der Waals surface area contributed by atoms with Gasteiger partial charge in [0.05, 0.1) is 15.1 Å². The van der Waals surface area contributed by atoms with Gasteiger partial charge in [-0.05, 0) is 19.9 Å². The Morgan fingerprint density at radius 1 is 1.53 bits per heavy atom. The largest absolute Gasteiger partial charge is 0.459 e. The molecule has 0 bridgehead atoms. The Hall–Kier alpha value is -0.580. The average molecular weight is 261 g/mol. The molecule has 0 unspecified atom stereocenters. The molecule has 0 fully saturated rings. The van der Waals surface area contributed by atoms with Gasteiger partial charge in [-0.15, -0.1) is 22.7 Å². The fraction of sp³-hybridized carbons (Fsp3) is 0.300. The van der Waals surface area contributed by atoms with Crippen LogP contribution in [0.25, 0.3) is 9.40 Å². The molecule has 0 aliphatic carbocycles. The topological polar surface area (TPSA) is 26.3 Å². The second-order valence-corrected chi connectivity index (χ2v) is 5.95. The Kier molecular flexibility index (Phi) is 3.00. The van der Waals surface area contributed by atoms with Crippen molar-refractivity contribution in [1.82, 2.24) is 0 Å². The van der Waals surface area contributed by atoms with E-state index in [-0.39, 0.29) is 12.1 Å². The average Bonchev–Trinajstić information content (AvgIpc) is 2.67. The standard InChI is InChI=1S/C10H9ClO2S2/c1-5(2)13-9(12)8-3-6-7(11)4-14-10(6)15-8/h3-5H,1-2H3. The van der Waals surface area contributed by atoms with Gasteiger partial charge in [-0.2, -0.15) is 0 Å². The Labute approximate surface area is 100 Å². The molecule has 2 heterocycles. The third kappa shape index (κ3) is 2.17. The van der Waals surface area contributed by atoms with Gasteiger partial charge in [0, 0.05) is 10.8 Å². The molecule has 0 amide bonds. The van der Waals surface area contributed by atoms with Crippen molar-refractivity contribution < 1.29 is 9.53 Å². The van der Waals surface area contributed by atoms with Crippen molar-refractivity contribution in [3.63, 3.8) is 0 Å². The lowest BCUT2D eigenvalue weighted by atomic mass is 10.3. The third-order valence-corrected chi connectivity index (χ3v) is 4.45. The van der Waals surface area contributed by atoms with Gasteiger partial charge in [0.1, 0.15) is 4.88 Å². The first-order valence-corrected chi connectivity index (χ1v) is 6.53. The van der Waals surface area contributed by atoms with Crippen LogP contribution in [0, 0.1) is 0 Å². The maximum atomic E-state index is 11.6. The van der Waals surface area contributed by atoms with E-state index in [1.807, 2.05) is 19.2 Å². The molecule has 2 rings (SSSR count). The third-order valence-electron chi connectivity index (χ3n) is 1.77. The maximum Gasteiger partial charge on any atom is 0.348 e. The summed E-state index contributed by atoms with van der Waals surface area (Å²) in [6, 6.07) is 1.80. The van der Waals surface area contributed by atoms with E-state index in [9.17, 15) is 4.79 Å². The molecule has 0 radical (unpaired) electrons. The zero-order chi connectivity index (χ0) is 11.0. The van der Waals surface area contributed by atoms with Crippen molar-refractivity contribution in [2.45, 2.75) is 20.0 Å². The predicted octanol–water partition coefficient (Wildman–Crippen LogP) is 4.18. The van der Waals surface area contributed by atoms with Gasteiger partial charge in [0.2, 0.25) is 0 Å². The van der Waals surface area contributed by atoms with Crippen LogP contribution in [0.1, 0.15) is 23.5 Å². The lowest BCUT2D eigenvalue weighted by Crippen LogP contribution is -2.09. The Balaban J connectivity index is 2.32. The molecule has 2 nitrogen and oxygen atoms in total. The van der Waals surface area contributed by atoms with Crippen LogP contribution in [0.5, 0.6) is 0 Å². The van der Waals surface area contributed by atoms with Crippen LogP contribution in [0.4, 0.5) is 0 Å². The second-order valence-electron chi connectivity index (χ2n) is 3.35. The van der Waals surface area contributed by atoms with Crippen LogP contribution in [-0.2, 0) is 4.74 Å². The Morgan fingerprint density at radius 2 is 2.27 bits per heavy atom. The van der Waals surface area contributed by atoms with Crippen molar-refractivity contribution in [3.8, 4) is 0 Å². The van der Waals surface area contributed by atoms with E-state index in [1.54, 1.807) is 17.4 Å². The van der Waals surface area contributed by atoms with Crippen LogP contribution >= 0.6 is 34.3 Å². The molecule has 0 aromatic carbocycles. The van der Waals surface area contributed by atoms with Gasteiger partial charge < -0.3 is 4.74 Å². The molecular formula is C10H9ClO2S2. The lowest BCUT2D eigenvalue weighted by molar-refractivity contribution is 0.0384. The quantitative estimate of drug-likeness (QED) is 0.757. The zero-order valence-electron chi connectivity index (χ0n) is 8.24. The zero-order valence-corrected chi connectivity index (χ0v) is 10.6. The fourth-order valence-corrected chi connectivity index (χ4v) is 3.59. The highest BCUT2D eigenvalue weighted by atomic mass is 35.5. The number of esters is 1. The molecule has 0 aliphatic rings. The minimum absolute atomic E-state index is 0.0897. The van der Waals surface area contributed by atoms with Gasteiger partial charge in [-0.3, -0.25) is 0 Å². The van der Waals surface area contributed by atoms with Gasteiger partial charge in [0.15, 0.2) is 0 Å². The molecule has 2 aromatic heterocycles. The highest BCUT2D eigenvalue weighted by molar-refractivity contribution is 7.38. The summed E-state index contributed by atoms with van der Waals surface area (Å²) in [6.07, 6.45) is -0.0897. The highest BCUT2D eigenvalue weighted by Crippen LogP contribution is 2.36. The molecule has 0 saturated carbocycles. The van der Waals surface area contributed by atoms with E-state index in [0.717, 1.165) is 9.40 Å². The first-order chi connectivity index (χ1) is 7.08. The van der Waals surface area contributed by atoms with Gasteiger partial charge in [-0.1, -0.05) is 11.6 Å². The van der Waals surface area contributed by atoms with Crippen molar-refractivity contribution in [1.29, 1.82) is 0 Å². The van der Waals surface area contributed by atoms with Gasteiger partial charge in [-0.25, -0.2) is 4.79 Å². The summed E-state index contributed by atoms with van der Waals surface area (Å²) in [4.78, 5) is 12.2. The molecule has 5 heteroatoms. The summed E-state index contributed by atoms with van der Waals surface area (Å²) in [6.45, 7) is 3.67. The van der Waals surface area contributed by atoms with Crippen LogP contribution in [0.15, 0.2) is 11.4 Å². The Bertz CT molecular complexity index is 498. The number of thiophene rings is 2. The minimum Gasteiger partial charge on any atom is -0.459 e. The van der Waals surface area contributed by atoms with Gasteiger partial charge in [0.25, 0.3) is 0 Å². The number of rotatable bonds is 2. The monoisotopic (exact) mass is 260 g/mol. The summed E-state index contributed by atoms with van der Waals surface area (Å²) in [5.41, 5.74) is 0. The smallest absolute Gasteiger partial charge is 0.348 e. The van der Waals surface area contributed by atoms with E-state index < -0.39 is 0 Å².